The maximum Gasteiger partial charge on any atom is 0.311 e. The van der Waals surface area contributed by atoms with Crippen molar-refractivity contribution in [1.29, 1.82) is 0 Å². The van der Waals surface area contributed by atoms with Crippen molar-refractivity contribution < 1.29 is 14.4 Å². The van der Waals surface area contributed by atoms with Gasteiger partial charge in [0.15, 0.2) is 5.75 Å². The Kier molecular flexibility index (Phi) is 5.79. The smallest absolute Gasteiger partial charge is 0.311 e. The van der Waals surface area contributed by atoms with E-state index in [9.17, 15) is 10.1 Å². The third-order valence-electron chi connectivity index (χ3n) is 2.03. The van der Waals surface area contributed by atoms with E-state index in [0.717, 1.165) is 5.56 Å². The summed E-state index contributed by atoms with van der Waals surface area (Å²) in [5.74, 6) is 0.917. The monoisotopic (exact) mass is 257 g/mol. The normalized spacial score (nSPS) is 10.2. The van der Waals surface area contributed by atoms with Gasteiger partial charge in [-0.25, -0.2) is 0 Å². The molecule has 6 heteroatoms. The van der Waals surface area contributed by atoms with E-state index in [1.807, 2.05) is 0 Å². The Bertz CT molecular complexity index is 384. The lowest BCUT2D eigenvalue weighted by Gasteiger charge is -2.07. The predicted octanol–water partition coefficient (Wildman–Crippen LogP) is 2.23. The fourth-order valence-electron chi connectivity index (χ4n) is 1.27. The zero-order chi connectivity index (χ0) is 12.7. The molecule has 0 spiro atoms. The highest BCUT2D eigenvalue weighted by molar-refractivity contribution is 7.80. The maximum atomic E-state index is 10.8. The van der Waals surface area contributed by atoms with Crippen molar-refractivity contribution in [3.63, 3.8) is 0 Å². The highest BCUT2D eigenvalue weighted by Crippen LogP contribution is 2.27. The Hall–Kier alpha value is -1.27. The average molecular weight is 257 g/mol. The van der Waals surface area contributed by atoms with Gasteiger partial charge in [0.05, 0.1) is 18.1 Å². The second-order valence-electron chi connectivity index (χ2n) is 3.41. The predicted molar refractivity (Wildman–Crippen MR) is 68.0 cm³/mol. The number of nitrogens with zero attached hydrogens (tertiary/aromatic N) is 1. The summed E-state index contributed by atoms with van der Waals surface area (Å²) in [6.07, 6.45) is 0. The lowest BCUT2D eigenvalue weighted by molar-refractivity contribution is -0.385. The van der Waals surface area contributed by atoms with Crippen LogP contribution < -0.4 is 4.74 Å². The molecule has 0 heterocycles. The summed E-state index contributed by atoms with van der Waals surface area (Å²) in [4.78, 5) is 10.3. The first-order valence-electron chi connectivity index (χ1n) is 5.21. The van der Waals surface area contributed by atoms with Crippen molar-refractivity contribution in [3.05, 3.63) is 33.9 Å². The number of rotatable bonds is 7. The van der Waals surface area contributed by atoms with E-state index in [4.69, 9.17) is 9.47 Å². The van der Waals surface area contributed by atoms with Crippen molar-refractivity contribution in [1.82, 2.24) is 0 Å². The zero-order valence-corrected chi connectivity index (χ0v) is 10.5. The molecular formula is C11H15NO4S. The molecule has 0 bridgehead atoms. The number of thiol groups is 1. The van der Waals surface area contributed by atoms with Crippen molar-refractivity contribution in [2.24, 2.45) is 0 Å². The number of nitro benzene ring substituents is 1. The number of nitro groups is 1. The Morgan fingerprint density at radius 2 is 2.12 bits per heavy atom. The van der Waals surface area contributed by atoms with Gasteiger partial charge in [-0.2, -0.15) is 12.6 Å². The highest BCUT2D eigenvalue weighted by Gasteiger charge is 2.14. The summed E-state index contributed by atoms with van der Waals surface area (Å²) in [7, 11) is 0. The molecule has 0 saturated carbocycles. The summed E-state index contributed by atoms with van der Waals surface area (Å²) in [5.41, 5.74) is 0.814. The molecule has 5 nitrogen and oxygen atoms in total. The summed E-state index contributed by atoms with van der Waals surface area (Å²) in [5, 5.41) is 10.8. The van der Waals surface area contributed by atoms with Crippen LogP contribution in [0.5, 0.6) is 5.75 Å². The van der Waals surface area contributed by atoms with E-state index in [1.54, 1.807) is 19.1 Å². The van der Waals surface area contributed by atoms with Gasteiger partial charge in [-0.3, -0.25) is 10.1 Å². The van der Waals surface area contributed by atoms with Gasteiger partial charge in [0.1, 0.15) is 6.61 Å². The van der Waals surface area contributed by atoms with Crippen molar-refractivity contribution in [2.45, 2.75) is 6.92 Å². The van der Waals surface area contributed by atoms with Crippen molar-refractivity contribution in [2.75, 3.05) is 25.6 Å². The van der Waals surface area contributed by atoms with Crippen LogP contribution in [0.3, 0.4) is 0 Å². The first-order valence-corrected chi connectivity index (χ1v) is 5.85. The standard InChI is InChI=1S/C11H15NO4S/c1-9-2-3-11(10(8-9)12(13)14)16-5-4-15-6-7-17/h2-3,8,17H,4-7H2,1H3. The number of ether oxygens (including phenoxy) is 2. The minimum Gasteiger partial charge on any atom is -0.484 e. The molecule has 1 aromatic carbocycles. The minimum atomic E-state index is -0.448. The molecule has 0 fully saturated rings. The first kappa shape index (κ1) is 13.8. The van der Waals surface area contributed by atoms with E-state index < -0.39 is 4.92 Å². The Morgan fingerprint density at radius 1 is 1.35 bits per heavy atom. The lowest BCUT2D eigenvalue weighted by Crippen LogP contribution is -2.09. The number of hydrogen-bond donors (Lipinski definition) is 1. The largest absolute Gasteiger partial charge is 0.484 e. The van der Waals surface area contributed by atoms with E-state index in [0.29, 0.717) is 19.0 Å². The highest BCUT2D eigenvalue weighted by atomic mass is 32.1. The molecule has 0 atom stereocenters. The number of hydrogen-bond acceptors (Lipinski definition) is 5. The van der Waals surface area contributed by atoms with Gasteiger partial charge in [-0.15, -0.1) is 0 Å². The molecule has 0 aliphatic heterocycles. The average Bonchev–Trinajstić information content (AvgIpc) is 2.30. The lowest BCUT2D eigenvalue weighted by atomic mass is 10.2. The summed E-state index contributed by atoms with van der Waals surface area (Å²) in [6.45, 7) is 3.03. The van der Waals surface area contributed by atoms with Crippen LogP contribution in [0, 0.1) is 17.0 Å². The van der Waals surface area contributed by atoms with E-state index in [2.05, 4.69) is 12.6 Å². The van der Waals surface area contributed by atoms with Gasteiger partial charge in [0.25, 0.3) is 0 Å². The van der Waals surface area contributed by atoms with Gasteiger partial charge in [0, 0.05) is 11.8 Å². The third-order valence-corrected chi connectivity index (χ3v) is 2.21. The Labute approximate surface area is 105 Å². The van der Waals surface area contributed by atoms with Crippen LogP contribution >= 0.6 is 12.6 Å². The molecule has 0 unspecified atom stereocenters. The van der Waals surface area contributed by atoms with Crippen LogP contribution in [0.1, 0.15) is 5.56 Å². The number of benzene rings is 1. The van der Waals surface area contributed by atoms with E-state index >= 15 is 0 Å². The van der Waals surface area contributed by atoms with E-state index in [1.165, 1.54) is 6.07 Å². The molecule has 1 rings (SSSR count). The Morgan fingerprint density at radius 3 is 2.76 bits per heavy atom. The summed E-state index contributed by atoms with van der Waals surface area (Å²) >= 11 is 3.99. The van der Waals surface area contributed by atoms with E-state index in [-0.39, 0.29) is 18.0 Å². The van der Waals surface area contributed by atoms with Gasteiger partial charge in [-0.1, -0.05) is 6.07 Å². The fraction of sp³-hybridized carbons (Fsp3) is 0.455. The second-order valence-corrected chi connectivity index (χ2v) is 3.86. The summed E-state index contributed by atoms with van der Waals surface area (Å²) < 4.78 is 10.5. The molecule has 0 aliphatic rings. The minimum absolute atomic E-state index is 0.0146. The van der Waals surface area contributed by atoms with Crippen LogP contribution in [0.4, 0.5) is 5.69 Å². The molecule has 0 aliphatic carbocycles. The molecule has 0 saturated heterocycles. The fourth-order valence-corrected chi connectivity index (χ4v) is 1.40. The van der Waals surface area contributed by atoms with Gasteiger partial charge in [-0.05, 0) is 18.6 Å². The van der Waals surface area contributed by atoms with Crippen molar-refractivity contribution >= 4 is 18.3 Å². The van der Waals surface area contributed by atoms with Crippen LogP contribution in [0.15, 0.2) is 18.2 Å². The summed E-state index contributed by atoms with van der Waals surface area (Å²) in [6, 6.07) is 4.87. The number of aryl methyl sites for hydroxylation is 1. The molecule has 0 aromatic heterocycles. The molecule has 0 N–H and O–H groups in total. The second kappa shape index (κ2) is 7.13. The molecule has 1 aromatic rings. The van der Waals surface area contributed by atoms with Gasteiger partial charge < -0.3 is 9.47 Å². The SMILES string of the molecule is Cc1ccc(OCCOCCS)c([N+](=O)[O-])c1. The van der Waals surface area contributed by atoms with Crippen LogP contribution in [0.25, 0.3) is 0 Å². The maximum absolute atomic E-state index is 10.8. The third kappa shape index (κ3) is 4.62. The molecular weight excluding hydrogens is 242 g/mol. The Balaban J connectivity index is 2.55. The van der Waals surface area contributed by atoms with Crippen LogP contribution in [0.2, 0.25) is 0 Å². The topological polar surface area (TPSA) is 61.6 Å². The van der Waals surface area contributed by atoms with Gasteiger partial charge >= 0.3 is 5.69 Å². The van der Waals surface area contributed by atoms with Gasteiger partial charge in [0.2, 0.25) is 0 Å². The van der Waals surface area contributed by atoms with Crippen molar-refractivity contribution in [3.8, 4) is 5.75 Å². The molecule has 0 amide bonds. The molecule has 0 radical (unpaired) electrons. The molecule has 17 heavy (non-hydrogen) atoms. The molecule has 94 valence electrons. The zero-order valence-electron chi connectivity index (χ0n) is 9.59. The quantitative estimate of drug-likeness (QED) is 0.352. The van der Waals surface area contributed by atoms with Crippen LogP contribution in [-0.4, -0.2) is 30.5 Å². The van der Waals surface area contributed by atoms with Crippen LogP contribution in [-0.2, 0) is 4.74 Å². The first-order chi connectivity index (χ1) is 8.15.